The molecule has 2 aliphatic carbocycles. The number of carbonyl (C=O) groups excluding carboxylic acids is 2. The van der Waals surface area contributed by atoms with E-state index in [9.17, 15) is 24.2 Å². The lowest BCUT2D eigenvalue weighted by Crippen LogP contribution is -2.70. The molecule has 3 aromatic carbocycles. The van der Waals surface area contributed by atoms with Crippen LogP contribution in [0.1, 0.15) is 98.5 Å². The van der Waals surface area contributed by atoms with Crippen molar-refractivity contribution in [2.45, 2.75) is 102 Å². The van der Waals surface area contributed by atoms with Crippen LogP contribution in [0.4, 0.5) is 9.18 Å². The summed E-state index contributed by atoms with van der Waals surface area (Å²) in [6.07, 6.45) is 10.4. The van der Waals surface area contributed by atoms with Crippen LogP contribution in [0.2, 0.25) is 0 Å². The van der Waals surface area contributed by atoms with Gasteiger partial charge in [-0.1, -0.05) is 42.3 Å². The lowest BCUT2D eigenvalue weighted by molar-refractivity contribution is -0.256. The van der Waals surface area contributed by atoms with E-state index in [1.54, 1.807) is 54.3 Å². The molecule has 2 fully saturated rings. The number of hydrogen-bond donors (Lipinski definition) is 2. The van der Waals surface area contributed by atoms with E-state index < -0.39 is 35.9 Å². The molecule has 7 rings (SSSR count). The predicted molar refractivity (Wildman–Crippen MR) is 237 cm³/mol. The van der Waals surface area contributed by atoms with Gasteiger partial charge < -0.3 is 43.5 Å². The average molecular weight is 885 g/mol. The summed E-state index contributed by atoms with van der Waals surface area (Å²) in [5.74, 6) is -1.01. The number of methoxy groups -OCH3 is 1. The number of unbranched alkanes of at least 4 members (excludes halogenated alkanes) is 2. The van der Waals surface area contributed by atoms with Crippen LogP contribution < -0.4 is 14.2 Å². The number of aldehydes is 1. The molecule has 344 valence electrons. The minimum absolute atomic E-state index is 0.00100. The number of allylic oxidation sites excluding steroid dienone is 1. The van der Waals surface area contributed by atoms with Crippen LogP contribution in [0.25, 0.3) is 0 Å². The van der Waals surface area contributed by atoms with Crippen LogP contribution in [-0.2, 0) is 25.6 Å². The van der Waals surface area contributed by atoms with Crippen LogP contribution in [0.3, 0.4) is 0 Å². The molecule has 64 heavy (non-hydrogen) atoms. The quantitative estimate of drug-likeness (QED) is 0.0455. The van der Waals surface area contributed by atoms with Gasteiger partial charge in [0.1, 0.15) is 34.9 Å². The molecule has 4 aliphatic rings. The van der Waals surface area contributed by atoms with Gasteiger partial charge in [0, 0.05) is 44.1 Å². The van der Waals surface area contributed by atoms with Crippen molar-refractivity contribution in [1.29, 1.82) is 0 Å². The summed E-state index contributed by atoms with van der Waals surface area (Å²) in [6.45, 7) is 6.64. The van der Waals surface area contributed by atoms with Crippen LogP contribution in [0.15, 0.2) is 90.1 Å². The highest BCUT2D eigenvalue weighted by Gasteiger charge is 2.65. The van der Waals surface area contributed by atoms with Gasteiger partial charge in [0.15, 0.2) is 6.29 Å². The van der Waals surface area contributed by atoms with Gasteiger partial charge in [0.2, 0.25) is 12.1 Å². The van der Waals surface area contributed by atoms with Crippen molar-refractivity contribution in [2.75, 3.05) is 40.1 Å². The predicted octanol–water partition coefficient (Wildman–Crippen LogP) is 9.26. The molecule has 7 atom stereocenters. The summed E-state index contributed by atoms with van der Waals surface area (Å²) in [6, 6.07) is 15.8. The molecule has 0 spiro atoms. The summed E-state index contributed by atoms with van der Waals surface area (Å²) < 4.78 is 52.3. The largest absolute Gasteiger partial charge is 0.496 e. The van der Waals surface area contributed by atoms with Crippen molar-refractivity contribution in [3.05, 3.63) is 107 Å². The molecule has 1 amide bonds. The van der Waals surface area contributed by atoms with E-state index in [0.717, 1.165) is 55.9 Å². The Morgan fingerprint density at radius 2 is 1.78 bits per heavy atom. The minimum Gasteiger partial charge on any atom is -0.496 e. The summed E-state index contributed by atoms with van der Waals surface area (Å²) in [5, 5.41) is 24.8. The van der Waals surface area contributed by atoms with E-state index in [-0.39, 0.29) is 57.1 Å². The molecule has 0 bridgehead atoms. The van der Waals surface area contributed by atoms with Gasteiger partial charge in [-0.25, -0.2) is 9.18 Å². The molecule has 14 heteroatoms. The molecule has 2 heterocycles. The number of hydrogen-bond acceptors (Lipinski definition) is 12. The molecule has 13 nitrogen and oxygen atoms in total. The van der Waals surface area contributed by atoms with E-state index in [4.69, 9.17) is 38.4 Å². The lowest BCUT2D eigenvalue weighted by atomic mass is 9.55. The van der Waals surface area contributed by atoms with E-state index in [1.165, 1.54) is 19.2 Å². The molecule has 1 saturated carbocycles. The average Bonchev–Trinajstić information content (AvgIpc) is 3.31. The van der Waals surface area contributed by atoms with Crippen molar-refractivity contribution < 1.29 is 57.5 Å². The Morgan fingerprint density at radius 3 is 2.48 bits per heavy atom. The third kappa shape index (κ3) is 10.3. The van der Waals surface area contributed by atoms with Crippen molar-refractivity contribution in [1.82, 2.24) is 4.90 Å². The maximum Gasteiger partial charge on any atom is 0.410 e. The zero-order chi connectivity index (χ0) is 45.1. The lowest BCUT2D eigenvalue weighted by Gasteiger charge is -2.59. The molecule has 0 aromatic heterocycles. The first kappa shape index (κ1) is 46.7. The van der Waals surface area contributed by atoms with Crippen molar-refractivity contribution in [3.63, 3.8) is 0 Å². The molecular weight excluding hydrogens is 824 g/mol. The van der Waals surface area contributed by atoms with Gasteiger partial charge in [-0.2, -0.15) is 0 Å². The van der Waals surface area contributed by atoms with Gasteiger partial charge in [0.25, 0.3) is 0 Å². The van der Waals surface area contributed by atoms with Gasteiger partial charge >= 0.3 is 6.09 Å². The van der Waals surface area contributed by atoms with Crippen molar-refractivity contribution in [2.24, 2.45) is 22.9 Å². The Kier molecular flexibility index (Phi) is 16.1. The number of carbonyl (C=O) groups is 2. The number of amides is 1. The molecule has 3 aromatic rings. The molecule has 7 unspecified atom stereocenters. The first-order valence-corrected chi connectivity index (χ1v) is 22.6. The van der Waals surface area contributed by atoms with Gasteiger partial charge in [0.05, 0.1) is 44.1 Å². The Hall–Kier alpha value is -5.28. The number of nitrogens with zero attached hydrogens (tertiary/aromatic N) is 2. The second kappa shape index (κ2) is 22.1. The third-order valence-corrected chi connectivity index (χ3v) is 12.8. The van der Waals surface area contributed by atoms with E-state index in [0.29, 0.717) is 65.7 Å². The van der Waals surface area contributed by atoms with E-state index in [2.05, 4.69) is 12.7 Å². The van der Waals surface area contributed by atoms with Crippen LogP contribution in [0, 0.1) is 23.6 Å². The summed E-state index contributed by atoms with van der Waals surface area (Å²) in [5.41, 5.74) is 3.34. The Morgan fingerprint density at radius 1 is 1.02 bits per heavy atom. The molecule has 2 aliphatic heterocycles. The number of aliphatic hydroxyl groups is 2. The minimum atomic E-state index is -1.55. The number of ether oxygens (including phenoxy) is 6. The first-order valence-electron chi connectivity index (χ1n) is 22.6. The first-order chi connectivity index (χ1) is 31.3. The maximum absolute atomic E-state index is 14.5. The van der Waals surface area contributed by atoms with Gasteiger partial charge in [-0.3, -0.25) is 9.69 Å². The van der Waals surface area contributed by atoms with Crippen LogP contribution in [-0.4, -0.2) is 91.5 Å². The maximum atomic E-state index is 14.5. The number of aliphatic hydroxyl groups excluding tert-OH is 2. The van der Waals surface area contributed by atoms with Gasteiger partial charge in [-0.15, -0.1) is 6.58 Å². The standard InChI is InChI=1S/C50H61FN2O11/c1-4-25-61-50-45(53(49(57)59-5-2)31-33-15-17-36(51)18-16-33)30-42(52-64-46-14-8-11-26-60-46)40-28-34(12-6-9-23-54)39(13-7-10-24-55)47(48(40)50)41-29-38(20-22-44(41)63-50)62-37-19-21-43(58-3)35(27-37)32-56/h4,15-22,27-29,32,34,39,45-48,54-55H,1,5-14,23-26,30-31H2,2-3H3. The highest BCUT2D eigenvalue weighted by atomic mass is 19.1. The summed E-state index contributed by atoms with van der Waals surface area (Å²) in [4.78, 5) is 34.3. The Balaban J connectivity index is 1.45. The monoisotopic (exact) mass is 884 g/mol. The molecular formula is C50H61FN2O11. The highest BCUT2D eigenvalue weighted by molar-refractivity contribution is 6.03. The number of rotatable bonds is 21. The Bertz CT molecular complexity index is 2120. The second-order valence-electron chi connectivity index (χ2n) is 16.8. The van der Waals surface area contributed by atoms with Crippen molar-refractivity contribution in [3.8, 4) is 23.0 Å². The zero-order valence-corrected chi connectivity index (χ0v) is 36.8. The SMILES string of the molecule is C=CCOC12Oc3ccc(Oc4ccc(OC)c(C=O)c4)cc3C3C(CCCCO)C(CCCCO)C=C(C(=NOC4CCCCO4)CC1N(Cc1ccc(F)cc1)C(=O)OCC)C32. The topological polar surface area (TPSA) is 155 Å². The van der Waals surface area contributed by atoms with Gasteiger partial charge in [-0.05, 0) is 117 Å². The summed E-state index contributed by atoms with van der Waals surface area (Å²) in [7, 11) is 1.50. The third-order valence-electron chi connectivity index (χ3n) is 12.8. The zero-order valence-electron chi connectivity index (χ0n) is 36.8. The Labute approximate surface area is 374 Å². The second-order valence-corrected chi connectivity index (χ2v) is 16.8. The fraction of sp³-hybridized carbons (Fsp3) is 0.500. The van der Waals surface area contributed by atoms with Crippen molar-refractivity contribution >= 4 is 18.1 Å². The fourth-order valence-electron chi connectivity index (χ4n) is 9.93. The highest BCUT2D eigenvalue weighted by Crippen LogP contribution is 2.62. The smallest absolute Gasteiger partial charge is 0.410 e. The summed E-state index contributed by atoms with van der Waals surface area (Å²) >= 11 is 0. The van der Waals surface area contributed by atoms with E-state index >= 15 is 0 Å². The van der Waals surface area contributed by atoms with Crippen LogP contribution in [0.5, 0.6) is 23.0 Å². The number of halogens is 1. The molecule has 1 saturated heterocycles. The number of fused-ring (bicyclic) bond motifs is 2. The molecule has 0 radical (unpaired) electrons. The normalized spacial score (nSPS) is 25.2. The fourth-order valence-corrected chi connectivity index (χ4v) is 9.93. The van der Waals surface area contributed by atoms with Crippen LogP contribution >= 0.6 is 0 Å². The number of oxime groups is 1. The van der Waals surface area contributed by atoms with E-state index in [1.807, 2.05) is 12.1 Å². The molecule has 2 N–H and O–H groups in total. The number of benzene rings is 3.